The van der Waals surface area contributed by atoms with Crippen LogP contribution in [0.5, 0.6) is 0 Å². The number of hydrogen-bond acceptors (Lipinski definition) is 3. The Morgan fingerprint density at radius 2 is 2.31 bits per heavy atom. The van der Waals surface area contributed by atoms with Gasteiger partial charge in [-0.15, -0.1) is 0 Å². The molecule has 0 aromatic carbocycles. The van der Waals surface area contributed by atoms with Crippen LogP contribution in [0.1, 0.15) is 17.4 Å². The maximum absolute atomic E-state index is 6.10. The van der Waals surface area contributed by atoms with Gasteiger partial charge in [0.25, 0.3) is 0 Å². The lowest BCUT2D eigenvalue weighted by Gasteiger charge is -2.11. The standard InChI is InChI=1S/C11H13BrN4/c1-16-3-2-15-11(16)10(13)5-8-4-9(12)7-14-6-8/h2-4,6-7,10H,5,13H2,1H3. The van der Waals surface area contributed by atoms with Gasteiger partial charge >= 0.3 is 0 Å². The van der Waals surface area contributed by atoms with E-state index in [1.54, 1.807) is 12.4 Å². The number of imidazole rings is 1. The van der Waals surface area contributed by atoms with Crippen molar-refractivity contribution >= 4 is 15.9 Å². The second-order valence-corrected chi connectivity index (χ2v) is 4.63. The van der Waals surface area contributed by atoms with Crippen molar-refractivity contribution in [3.05, 3.63) is 46.7 Å². The highest BCUT2D eigenvalue weighted by molar-refractivity contribution is 9.10. The largest absolute Gasteiger partial charge is 0.337 e. The Labute approximate surface area is 103 Å². The average molecular weight is 281 g/mol. The molecule has 0 saturated carbocycles. The van der Waals surface area contributed by atoms with E-state index >= 15 is 0 Å². The van der Waals surface area contributed by atoms with Gasteiger partial charge in [0.15, 0.2) is 0 Å². The van der Waals surface area contributed by atoms with Crippen LogP contribution in [0.4, 0.5) is 0 Å². The number of pyridine rings is 1. The van der Waals surface area contributed by atoms with E-state index in [-0.39, 0.29) is 6.04 Å². The van der Waals surface area contributed by atoms with E-state index in [1.807, 2.05) is 30.1 Å². The van der Waals surface area contributed by atoms with Crippen LogP contribution >= 0.6 is 15.9 Å². The van der Waals surface area contributed by atoms with Crippen molar-refractivity contribution in [1.29, 1.82) is 0 Å². The number of rotatable bonds is 3. The van der Waals surface area contributed by atoms with Crippen LogP contribution in [-0.4, -0.2) is 14.5 Å². The summed E-state index contributed by atoms with van der Waals surface area (Å²) in [5.41, 5.74) is 7.20. The van der Waals surface area contributed by atoms with E-state index in [1.165, 1.54) is 0 Å². The molecule has 2 aromatic rings. The maximum atomic E-state index is 6.10. The molecule has 0 aliphatic rings. The van der Waals surface area contributed by atoms with Crippen LogP contribution in [0.15, 0.2) is 35.3 Å². The molecule has 2 rings (SSSR count). The molecule has 0 radical (unpaired) electrons. The highest BCUT2D eigenvalue weighted by atomic mass is 79.9. The molecule has 0 spiro atoms. The number of nitrogens with two attached hydrogens (primary N) is 1. The zero-order valence-corrected chi connectivity index (χ0v) is 10.6. The Kier molecular flexibility index (Phi) is 3.36. The number of aromatic nitrogens is 3. The minimum atomic E-state index is -0.101. The molecule has 84 valence electrons. The Bertz CT molecular complexity index is 480. The number of nitrogens with zero attached hydrogens (tertiary/aromatic N) is 3. The van der Waals surface area contributed by atoms with Gasteiger partial charge in [-0.3, -0.25) is 4.98 Å². The van der Waals surface area contributed by atoms with E-state index in [2.05, 4.69) is 25.9 Å². The molecule has 0 saturated heterocycles. The van der Waals surface area contributed by atoms with Crippen molar-refractivity contribution in [3.63, 3.8) is 0 Å². The molecule has 5 heteroatoms. The highest BCUT2D eigenvalue weighted by Crippen LogP contribution is 2.16. The normalized spacial score (nSPS) is 12.7. The predicted octanol–water partition coefficient (Wildman–Crippen LogP) is 1.82. The molecule has 0 aliphatic heterocycles. The minimum Gasteiger partial charge on any atom is -0.337 e. The van der Waals surface area contributed by atoms with Gasteiger partial charge in [0.2, 0.25) is 0 Å². The third-order valence-corrected chi connectivity index (χ3v) is 2.84. The first-order chi connectivity index (χ1) is 7.66. The van der Waals surface area contributed by atoms with Gasteiger partial charge in [-0.05, 0) is 34.0 Å². The van der Waals surface area contributed by atoms with E-state index in [0.717, 1.165) is 22.3 Å². The summed E-state index contributed by atoms with van der Waals surface area (Å²) in [6.45, 7) is 0. The predicted molar refractivity (Wildman–Crippen MR) is 65.8 cm³/mol. The highest BCUT2D eigenvalue weighted by Gasteiger charge is 2.11. The minimum absolute atomic E-state index is 0.101. The van der Waals surface area contributed by atoms with Crippen molar-refractivity contribution in [3.8, 4) is 0 Å². The van der Waals surface area contributed by atoms with Crippen molar-refractivity contribution in [2.45, 2.75) is 12.5 Å². The van der Waals surface area contributed by atoms with Crippen LogP contribution < -0.4 is 5.73 Å². The lowest BCUT2D eigenvalue weighted by atomic mass is 10.1. The first-order valence-electron chi connectivity index (χ1n) is 4.99. The fourth-order valence-corrected chi connectivity index (χ4v) is 2.06. The first kappa shape index (κ1) is 11.3. The second kappa shape index (κ2) is 4.76. The Morgan fingerprint density at radius 1 is 1.50 bits per heavy atom. The average Bonchev–Trinajstić information content (AvgIpc) is 2.64. The summed E-state index contributed by atoms with van der Waals surface area (Å²) < 4.78 is 2.91. The molecule has 1 atom stereocenters. The zero-order valence-electron chi connectivity index (χ0n) is 8.97. The summed E-state index contributed by atoms with van der Waals surface area (Å²) in [6.07, 6.45) is 7.98. The van der Waals surface area contributed by atoms with Crippen LogP contribution in [0, 0.1) is 0 Å². The Hall–Kier alpha value is -1.20. The van der Waals surface area contributed by atoms with E-state index in [9.17, 15) is 0 Å². The van der Waals surface area contributed by atoms with Gasteiger partial charge in [0.1, 0.15) is 5.82 Å². The topological polar surface area (TPSA) is 56.7 Å². The molecule has 0 bridgehead atoms. The summed E-state index contributed by atoms with van der Waals surface area (Å²) in [5, 5.41) is 0. The maximum Gasteiger partial charge on any atom is 0.125 e. The summed E-state index contributed by atoms with van der Waals surface area (Å²) >= 11 is 3.39. The first-order valence-corrected chi connectivity index (χ1v) is 5.78. The fraction of sp³-hybridized carbons (Fsp3) is 0.273. The van der Waals surface area contributed by atoms with Gasteiger partial charge in [-0.1, -0.05) is 0 Å². The zero-order chi connectivity index (χ0) is 11.5. The van der Waals surface area contributed by atoms with Crippen LogP contribution in [0.25, 0.3) is 0 Å². The smallest absolute Gasteiger partial charge is 0.125 e. The van der Waals surface area contributed by atoms with E-state index in [0.29, 0.717) is 0 Å². The Morgan fingerprint density at radius 3 is 2.94 bits per heavy atom. The third-order valence-electron chi connectivity index (χ3n) is 2.41. The number of aryl methyl sites for hydroxylation is 1. The molecule has 2 aromatic heterocycles. The van der Waals surface area contributed by atoms with Crippen molar-refractivity contribution in [1.82, 2.24) is 14.5 Å². The lowest BCUT2D eigenvalue weighted by Crippen LogP contribution is -2.17. The van der Waals surface area contributed by atoms with Gasteiger partial charge in [-0.2, -0.15) is 0 Å². The van der Waals surface area contributed by atoms with Crippen LogP contribution in [-0.2, 0) is 13.5 Å². The summed E-state index contributed by atoms with van der Waals surface area (Å²) in [6, 6.07) is 1.92. The quantitative estimate of drug-likeness (QED) is 0.933. The summed E-state index contributed by atoms with van der Waals surface area (Å²) in [7, 11) is 1.95. The molecule has 0 amide bonds. The van der Waals surface area contributed by atoms with Crippen LogP contribution in [0.2, 0.25) is 0 Å². The molecule has 2 N–H and O–H groups in total. The van der Waals surface area contributed by atoms with Crippen molar-refractivity contribution in [2.24, 2.45) is 12.8 Å². The summed E-state index contributed by atoms with van der Waals surface area (Å²) in [4.78, 5) is 8.35. The monoisotopic (exact) mass is 280 g/mol. The number of hydrogen-bond donors (Lipinski definition) is 1. The van der Waals surface area contributed by atoms with Gasteiger partial charge in [-0.25, -0.2) is 4.98 Å². The van der Waals surface area contributed by atoms with Gasteiger partial charge in [0, 0.05) is 36.3 Å². The van der Waals surface area contributed by atoms with Crippen molar-refractivity contribution < 1.29 is 0 Å². The second-order valence-electron chi connectivity index (χ2n) is 3.72. The molecular formula is C11H13BrN4. The summed E-state index contributed by atoms with van der Waals surface area (Å²) in [5.74, 6) is 0.889. The van der Waals surface area contributed by atoms with Gasteiger partial charge in [0.05, 0.1) is 6.04 Å². The number of halogens is 1. The van der Waals surface area contributed by atoms with Crippen LogP contribution in [0.3, 0.4) is 0 Å². The van der Waals surface area contributed by atoms with E-state index in [4.69, 9.17) is 5.73 Å². The Balaban J connectivity index is 2.14. The molecular weight excluding hydrogens is 268 g/mol. The van der Waals surface area contributed by atoms with Gasteiger partial charge < -0.3 is 10.3 Å². The third kappa shape index (κ3) is 2.48. The lowest BCUT2D eigenvalue weighted by molar-refractivity contribution is 0.631. The fourth-order valence-electron chi connectivity index (χ4n) is 1.65. The van der Waals surface area contributed by atoms with Crippen molar-refractivity contribution in [2.75, 3.05) is 0 Å². The molecule has 1 unspecified atom stereocenters. The molecule has 0 aliphatic carbocycles. The van der Waals surface area contributed by atoms with E-state index < -0.39 is 0 Å². The molecule has 4 nitrogen and oxygen atoms in total. The SMILES string of the molecule is Cn1ccnc1C(N)Cc1cncc(Br)c1. The molecule has 16 heavy (non-hydrogen) atoms. The molecule has 2 heterocycles. The molecule has 0 fully saturated rings.